The zero-order chi connectivity index (χ0) is 11.9. The Morgan fingerprint density at radius 1 is 1.24 bits per heavy atom. The van der Waals surface area contributed by atoms with Crippen LogP contribution in [0.3, 0.4) is 0 Å². The molecule has 2 saturated heterocycles. The van der Waals surface area contributed by atoms with Crippen molar-refractivity contribution in [3.05, 3.63) is 0 Å². The third kappa shape index (κ3) is 4.92. The van der Waals surface area contributed by atoms with Crippen LogP contribution in [0.25, 0.3) is 0 Å². The van der Waals surface area contributed by atoms with Gasteiger partial charge in [-0.05, 0) is 38.9 Å². The minimum atomic E-state index is 0.908. The van der Waals surface area contributed by atoms with Gasteiger partial charge in [0.15, 0.2) is 0 Å². The van der Waals surface area contributed by atoms with E-state index in [1.807, 2.05) is 0 Å². The Labute approximate surface area is 105 Å². The summed E-state index contributed by atoms with van der Waals surface area (Å²) in [4.78, 5) is 5.02. The molecule has 4 nitrogen and oxygen atoms in total. The first-order chi connectivity index (χ1) is 8.34. The van der Waals surface area contributed by atoms with E-state index in [4.69, 9.17) is 4.74 Å². The molecule has 0 aromatic rings. The van der Waals surface area contributed by atoms with Crippen molar-refractivity contribution in [2.75, 3.05) is 66.1 Å². The number of ether oxygens (including phenoxy) is 1. The minimum Gasteiger partial charge on any atom is -0.379 e. The molecule has 0 unspecified atom stereocenters. The van der Waals surface area contributed by atoms with Gasteiger partial charge in [0.25, 0.3) is 0 Å². The SMILES string of the molecule is CN(CCN1CCOCC1)CC1CCNCC1. The lowest BCUT2D eigenvalue weighted by Gasteiger charge is -2.31. The van der Waals surface area contributed by atoms with Gasteiger partial charge in [-0.1, -0.05) is 0 Å². The Balaban J connectivity index is 1.57. The number of piperidine rings is 1. The van der Waals surface area contributed by atoms with Crippen LogP contribution in [0.5, 0.6) is 0 Å². The maximum absolute atomic E-state index is 5.37. The van der Waals surface area contributed by atoms with E-state index in [1.165, 1.54) is 45.6 Å². The summed E-state index contributed by atoms with van der Waals surface area (Å²) in [5, 5.41) is 3.43. The summed E-state index contributed by atoms with van der Waals surface area (Å²) in [6.45, 7) is 10.1. The molecule has 4 heteroatoms. The number of likely N-dealkylation sites (N-methyl/N-ethyl adjacent to an activating group) is 1. The monoisotopic (exact) mass is 241 g/mol. The normalized spacial score (nSPS) is 24.4. The van der Waals surface area contributed by atoms with Gasteiger partial charge in [0, 0.05) is 32.7 Å². The van der Waals surface area contributed by atoms with Gasteiger partial charge in [-0.25, -0.2) is 0 Å². The third-order valence-electron chi connectivity index (χ3n) is 3.93. The van der Waals surface area contributed by atoms with Gasteiger partial charge in [0.05, 0.1) is 13.2 Å². The van der Waals surface area contributed by atoms with Crippen molar-refractivity contribution in [1.29, 1.82) is 0 Å². The largest absolute Gasteiger partial charge is 0.379 e. The van der Waals surface area contributed by atoms with Crippen molar-refractivity contribution >= 4 is 0 Å². The van der Waals surface area contributed by atoms with Gasteiger partial charge < -0.3 is 15.0 Å². The fraction of sp³-hybridized carbons (Fsp3) is 1.00. The zero-order valence-corrected chi connectivity index (χ0v) is 11.2. The van der Waals surface area contributed by atoms with Crippen LogP contribution in [0.15, 0.2) is 0 Å². The highest BCUT2D eigenvalue weighted by Crippen LogP contribution is 2.12. The van der Waals surface area contributed by atoms with E-state index in [2.05, 4.69) is 22.2 Å². The Kier molecular flexibility index (Phi) is 5.71. The highest BCUT2D eigenvalue weighted by molar-refractivity contribution is 4.72. The quantitative estimate of drug-likeness (QED) is 0.747. The molecular formula is C13H27N3O. The van der Waals surface area contributed by atoms with Gasteiger partial charge in [-0.15, -0.1) is 0 Å². The fourth-order valence-electron chi connectivity index (χ4n) is 2.73. The molecule has 2 aliphatic rings. The molecule has 0 aromatic heterocycles. The molecule has 0 spiro atoms. The second-order valence-corrected chi connectivity index (χ2v) is 5.41. The van der Waals surface area contributed by atoms with Crippen molar-refractivity contribution < 1.29 is 4.74 Å². The van der Waals surface area contributed by atoms with E-state index in [0.717, 1.165) is 32.2 Å². The molecule has 0 bridgehead atoms. The first kappa shape index (κ1) is 13.3. The van der Waals surface area contributed by atoms with Crippen LogP contribution < -0.4 is 5.32 Å². The summed E-state index contributed by atoms with van der Waals surface area (Å²) in [6.07, 6.45) is 2.70. The second-order valence-electron chi connectivity index (χ2n) is 5.41. The maximum Gasteiger partial charge on any atom is 0.0594 e. The summed E-state index contributed by atoms with van der Waals surface area (Å²) >= 11 is 0. The lowest BCUT2D eigenvalue weighted by molar-refractivity contribution is 0.0337. The number of nitrogens with zero attached hydrogens (tertiary/aromatic N) is 2. The predicted octanol–water partition coefficient (Wildman–Crippen LogP) is 0.250. The van der Waals surface area contributed by atoms with Crippen molar-refractivity contribution in [3.8, 4) is 0 Å². The molecule has 0 saturated carbocycles. The lowest BCUT2D eigenvalue weighted by atomic mass is 9.98. The summed E-state index contributed by atoms with van der Waals surface area (Å²) in [5.74, 6) is 0.908. The predicted molar refractivity (Wildman–Crippen MR) is 70.3 cm³/mol. The van der Waals surface area contributed by atoms with Crippen molar-refractivity contribution in [1.82, 2.24) is 15.1 Å². The van der Waals surface area contributed by atoms with Crippen LogP contribution in [0, 0.1) is 5.92 Å². The molecule has 2 aliphatic heterocycles. The number of morpholine rings is 1. The molecule has 1 N–H and O–H groups in total. The van der Waals surface area contributed by atoms with Gasteiger partial charge in [-0.3, -0.25) is 4.90 Å². The van der Waals surface area contributed by atoms with Crippen molar-refractivity contribution in [3.63, 3.8) is 0 Å². The molecule has 0 radical (unpaired) electrons. The summed E-state index contributed by atoms with van der Waals surface area (Å²) < 4.78 is 5.37. The highest BCUT2D eigenvalue weighted by atomic mass is 16.5. The van der Waals surface area contributed by atoms with E-state index in [1.54, 1.807) is 0 Å². The Morgan fingerprint density at radius 2 is 1.94 bits per heavy atom. The number of rotatable bonds is 5. The zero-order valence-electron chi connectivity index (χ0n) is 11.2. The van der Waals surface area contributed by atoms with Crippen LogP contribution in [0.2, 0.25) is 0 Å². The van der Waals surface area contributed by atoms with Crippen molar-refractivity contribution in [2.45, 2.75) is 12.8 Å². The van der Waals surface area contributed by atoms with E-state index in [0.29, 0.717) is 0 Å². The average Bonchev–Trinajstić information content (AvgIpc) is 2.39. The van der Waals surface area contributed by atoms with Gasteiger partial charge in [-0.2, -0.15) is 0 Å². The Hall–Kier alpha value is -0.160. The standard InChI is InChI=1S/C13H27N3O/c1-15(12-13-2-4-14-5-3-13)6-7-16-8-10-17-11-9-16/h13-14H,2-12H2,1H3. The fourth-order valence-corrected chi connectivity index (χ4v) is 2.73. The van der Waals surface area contributed by atoms with Crippen LogP contribution in [0.4, 0.5) is 0 Å². The van der Waals surface area contributed by atoms with Crippen LogP contribution in [-0.2, 0) is 4.74 Å². The van der Waals surface area contributed by atoms with E-state index in [-0.39, 0.29) is 0 Å². The van der Waals surface area contributed by atoms with Gasteiger partial charge >= 0.3 is 0 Å². The molecule has 2 fully saturated rings. The smallest absolute Gasteiger partial charge is 0.0594 e. The molecule has 0 atom stereocenters. The summed E-state index contributed by atoms with van der Waals surface area (Å²) in [7, 11) is 2.27. The first-order valence-electron chi connectivity index (χ1n) is 7.04. The van der Waals surface area contributed by atoms with Gasteiger partial charge in [0.1, 0.15) is 0 Å². The number of hydrogen-bond donors (Lipinski definition) is 1. The number of hydrogen-bond acceptors (Lipinski definition) is 4. The van der Waals surface area contributed by atoms with Crippen molar-refractivity contribution in [2.24, 2.45) is 5.92 Å². The van der Waals surface area contributed by atoms with E-state index in [9.17, 15) is 0 Å². The molecule has 100 valence electrons. The summed E-state index contributed by atoms with van der Waals surface area (Å²) in [6, 6.07) is 0. The Morgan fingerprint density at radius 3 is 2.65 bits per heavy atom. The molecule has 2 rings (SSSR count). The number of nitrogens with one attached hydrogen (secondary N) is 1. The average molecular weight is 241 g/mol. The molecule has 0 amide bonds. The molecule has 0 aliphatic carbocycles. The highest BCUT2D eigenvalue weighted by Gasteiger charge is 2.16. The van der Waals surface area contributed by atoms with Crippen LogP contribution in [0.1, 0.15) is 12.8 Å². The van der Waals surface area contributed by atoms with E-state index < -0.39 is 0 Å². The van der Waals surface area contributed by atoms with Crippen LogP contribution in [-0.4, -0.2) is 75.9 Å². The summed E-state index contributed by atoms with van der Waals surface area (Å²) in [5.41, 5.74) is 0. The second kappa shape index (κ2) is 7.31. The van der Waals surface area contributed by atoms with E-state index >= 15 is 0 Å². The lowest BCUT2D eigenvalue weighted by Crippen LogP contribution is -2.42. The molecule has 2 heterocycles. The van der Waals surface area contributed by atoms with Crippen LogP contribution >= 0.6 is 0 Å². The molecule has 17 heavy (non-hydrogen) atoms. The molecule has 0 aromatic carbocycles. The minimum absolute atomic E-state index is 0.908. The van der Waals surface area contributed by atoms with Gasteiger partial charge in [0.2, 0.25) is 0 Å². The third-order valence-corrected chi connectivity index (χ3v) is 3.93. The topological polar surface area (TPSA) is 27.7 Å². The molecular weight excluding hydrogens is 214 g/mol. The Bertz CT molecular complexity index is 201. The maximum atomic E-state index is 5.37. The first-order valence-corrected chi connectivity index (χ1v) is 7.04.